The van der Waals surface area contributed by atoms with Crippen LogP contribution < -0.4 is 10.0 Å². The van der Waals surface area contributed by atoms with E-state index in [1.165, 1.54) is 19.3 Å². The first-order valence-corrected chi connectivity index (χ1v) is 15.9. The highest BCUT2D eigenvalue weighted by Crippen LogP contribution is 2.38. The molecule has 0 saturated heterocycles. The number of hydrogen-bond acceptors (Lipinski definition) is 5. The number of carboxylic acids is 1. The number of nitrogens with zero attached hydrogens (tertiary/aromatic N) is 1. The highest BCUT2D eigenvalue weighted by atomic mass is 32.2. The number of oxazole rings is 1. The highest BCUT2D eigenvalue weighted by Gasteiger charge is 2.36. The van der Waals surface area contributed by atoms with E-state index in [0.717, 1.165) is 34.9 Å². The number of aliphatic carboxylic acids is 1. The minimum Gasteiger partial charge on any atom is -0.481 e. The first-order chi connectivity index (χ1) is 18.9. The molecule has 8 nitrogen and oxygen atoms in total. The lowest BCUT2D eigenvalue weighted by Gasteiger charge is -2.32. The Balaban J connectivity index is 1.53. The Hall–Kier alpha value is -3.17. The summed E-state index contributed by atoms with van der Waals surface area (Å²) >= 11 is 0. The third-order valence-corrected chi connectivity index (χ3v) is 9.88. The van der Waals surface area contributed by atoms with Crippen LogP contribution in [0.2, 0.25) is 0 Å². The molecule has 0 bridgehead atoms. The van der Waals surface area contributed by atoms with Crippen LogP contribution in [0.15, 0.2) is 45.7 Å². The molecule has 1 heterocycles. The Morgan fingerprint density at radius 1 is 1.07 bits per heavy atom. The zero-order valence-corrected chi connectivity index (χ0v) is 24.3. The van der Waals surface area contributed by atoms with Crippen molar-refractivity contribution in [1.29, 1.82) is 0 Å². The minimum atomic E-state index is -2.81. The van der Waals surface area contributed by atoms with Crippen molar-refractivity contribution in [3.63, 3.8) is 0 Å². The molecule has 0 aliphatic heterocycles. The van der Waals surface area contributed by atoms with E-state index >= 15 is 0 Å². The topological polar surface area (TPSA) is 122 Å². The molecule has 1 atom stereocenters. The maximum atomic E-state index is 13.7. The molecule has 3 aromatic rings. The molecule has 1 amide bonds. The van der Waals surface area contributed by atoms with Gasteiger partial charge in [-0.3, -0.25) is 9.59 Å². The smallest absolute Gasteiger partial charge is 0.307 e. The molecule has 1 aromatic heterocycles. The molecular formula is C31H39N3O5S. The number of carbonyl (C=O) groups excluding carboxylic acids is 1. The van der Waals surface area contributed by atoms with Gasteiger partial charge >= 0.3 is 11.9 Å². The van der Waals surface area contributed by atoms with E-state index < -0.39 is 33.0 Å². The van der Waals surface area contributed by atoms with Crippen LogP contribution in [-0.2, 0) is 20.9 Å². The summed E-state index contributed by atoms with van der Waals surface area (Å²) in [6.07, 6.45) is 7.38. The molecule has 214 valence electrons. The number of amides is 1. The van der Waals surface area contributed by atoms with Gasteiger partial charge in [-0.2, -0.15) is 0 Å². The van der Waals surface area contributed by atoms with Crippen molar-refractivity contribution in [2.45, 2.75) is 88.6 Å². The monoisotopic (exact) mass is 565 g/mol. The van der Waals surface area contributed by atoms with Gasteiger partial charge in [-0.15, -0.1) is 0 Å². The average Bonchev–Trinajstić information content (AvgIpc) is 3.27. The largest absolute Gasteiger partial charge is 0.481 e. The quantitative estimate of drug-likeness (QED) is 0.306. The van der Waals surface area contributed by atoms with Gasteiger partial charge in [0.15, 0.2) is 5.76 Å². The van der Waals surface area contributed by atoms with E-state index in [4.69, 9.17) is 14.5 Å². The van der Waals surface area contributed by atoms with Crippen LogP contribution in [0.5, 0.6) is 0 Å². The van der Waals surface area contributed by atoms with E-state index in [1.807, 2.05) is 57.2 Å². The zero-order chi connectivity index (χ0) is 28.7. The van der Waals surface area contributed by atoms with Gasteiger partial charge in [0.05, 0.1) is 26.2 Å². The minimum absolute atomic E-state index is 0.0110. The van der Waals surface area contributed by atoms with Crippen LogP contribution in [0, 0.1) is 11.8 Å². The fraction of sp³-hybridized carbons (Fsp3) is 0.484. The average molecular weight is 566 g/mol. The molecule has 3 N–H and O–H groups in total. The molecule has 5 rings (SSSR count). The van der Waals surface area contributed by atoms with Crippen molar-refractivity contribution in [2.24, 2.45) is 11.8 Å². The number of fused-ring (bicyclic) bond motifs is 1. The summed E-state index contributed by atoms with van der Waals surface area (Å²) in [5, 5.41) is 13.7. The van der Waals surface area contributed by atoms with Crippen molar-refractivity contribution in [3.05, 3.63) is 48.0 Å². The van der Waals surface area contributed by atoms with Crippen molar-refractivity contribution in [3.8, 4) is 11.3 Å². The molecule has 2 aromatic carbocycles. The molecule has 0 spiro atoms. The van der Waals surface area contributed by atoms with Crippen LogP contribution in [0.25, 0.3) is 22.1 Å². The third-order valence-electron chi connectivity index (χ3n) is 7.88. The third kappa shape index (κ3) is 6.10. The second-order valence-corrected chi connectivity index (χ2v) is 14.4. The van der Waals surface area contributed by atoms with E-state index in [9.17, 15) is 13.8 Å². The number of carboxylic acid groups (broad SMARTS) is 1. The Bertz CT molecular complexity index is 1520. The van der Waals surface area contributed by atoms with Crippen molar-refractivity contribution < 1.29 is 23.3 Å². The lowest BCUT2D eigenvalue weighted by molar-refractivity contribution is -0.145. The fourth-order valence-corrected chi connectivity index (χ4v) is 7.87. The summed E-state index contributed by atoms with van der Waals surface area (Å²) in [4.78, 5) is 29.6. The van der Waals surface area contributed by atoms with E-state index in [2.05, 4.69) is 15.9 Å². The Labute approximate surface area is 236 Å². The first kappa shape index (κ1) is 28.4. The molecule has 2 saturated carbocycles. The molecule has 1 unspecified atom stereocenters. The van der Waals surface area contributed by atoms with Crippen molar-refractivity contribution in [1.82, 2.24) is 15.0 Å². The normalized spacial score (nSPS) is 21.5. The van der Waals surface area contributed by atoms with Crippen LogP contribution >= 0.6 is 0 Å². The summed E-state index contributed by atoms with van der Waals surface area (Å²) in [5.41, 5.74) is 1.14. The Morgan fingerprint density at radius 2 is 1.75 bits per heavy atom. The number of nitrogens with one attached hydrogen (secondary N) is 2. The number of hydrogen-bond donors (Lipinski definition) is 3. The van der Waals surface area contributed by atoms with Crippen LogP contribution in [0.3, 0.4) is 0 Å². The number of rotatable bonds is 8. The molecular weight excluding hydrogens is 526 g/mol. The predicted molar refractivity (Wildman–Crippen MR) is 158 cm³/mol. The number of benzene rings is 2. The molecule has 40 heavy (non-hydrogen) atoms. The van der Waals surface area contributed by atoms with Gasteiger partial charge in [0.2, 0.25) is 0 Å². The maximum Gasteiger partial charge on any atom is 0.307 e. The number of carbonyl (C=O) groups is 2. The van der Waals surface area contributed by atoms with Crippen LogP contribution in [0.4, 0.5) is 0 Å². The van der Waals surface area contributed by atoms with Gasteiger partial charge < -0.3 is 14.8 Å². The Morgan fingerprint density at radius 3 is 2.40 bits per heavy atom. The lowest BCUT2D eigenvalue weighted by Crippen LogP contribution is -2.46. The number of aromatic nitrogens is 1. The van der Waals surface area contributed by atoms with Crippen LogP contribution in [-0.4, -0.2) is 43.6 Å². The van der Waals surface area contributed by atoms with Gasteiger partial charge in [0, 0.05) is 17.1 Å². The summed E-state index contributed by atoms with van der Waals surface area (Å²) in [5.74, 6) is 3.37. The van der Waals surface area contributed by atoms with Crippen molar-refractivity contribution >= 4 is 38.2 Å². The SMILES string of the molecule is C=S(=O)(NC(C)(C)C)c1ccc(-c2oc(C(=O)NC3CC(C(=O)O)C3)nc2CC2CCCCC2)c2ccccc12. The van der Waals surface area contributed by atoms with E-state index in [0.29, 0.717) is 35.8 Å². The second-order valence-electron chi connectivity index (χ2n) is 12.4. The molecule has 2 fully saturated rings. The summed E-state index contributed by atoms with van der Waals surface area (Å²) < 4.78 is 23.1. The standard InChI is InChI=1S/C31H39N3O5S/c1-31(2,3)34-40(4,38)26-15-14-24(22-12-8-9-13-23(22)26)27-25(16-19-10-6-5-7-11-19)33-29(39-27)28(35)32-21-17-20(18-21)30(36)37/h8-9,12-15,19-21H,4-7,10-11,16-18H2,1-3H3,(H,32,35)(H,34,38)(H,36,37). The Kier molecular flexibility index (Phi) is 7.81. The summed E-state index contributed by atoms with van der Waals surface area (Å²) in [6.45, 7) is 5.87. The van der Waals surface area contributed by atoms with Crippen LogP contribution in [0.1, 0.15) is 82.1 Å². The molecule has 2 aliphatic rings. The summed E-state index contributed by atoms with van der Waals surface area (Å²) in [7, 11) is -2.81. The molecule has 2 aliphatic carbocycles. The van der Waals surface area contributed by atoms with Crippen molar-refractivity contribution in [2.75, 3.05) is 0 Å². The molecule has 0 radical (unpaired) electrons. The predicted octanol–water partition coefficient (Wildman–Crippen LogP) is 5.59. The van der Waals surface area contributed by atoms with Gasteiger partial charge in [-0.1, -0.05) is 56.4 Å². The van der Waals surface area contributed by atoms with E-state index in [-0.39, 0.29) is 11.9 Å². The fourth-order valence-electron chi connectivity index (χ4n) is 5.95. The van der Waals surface area contributed by atoms with E-state index in [1.54, 1.807) is 0 Å². The van der Waals surface area contributed by atoms with Gasteiger partial charge in [-0.25, -0.2) is 13.9 Å². The highest BCUT2D eigenvalue weighted by molar-refractivity contribution is 7.98. The maximum absolute atomic E-state index is 13.7. The first-order valence-electron chi connectivity index (χ1n) is 14.1. The lowest BCUT2D eigenvalue weighted by atomic mass is 9.80. The van der Waals surface area contributed by atoms with Gasteiger partial charge in [0.1, 0.15) is 0 Å². The summed E-state index contributed by atoms with van der Waals surface area (Å²) in [6, 6.07) is 11.3. The zero-order valence-electron chi connectivity index (χ0n) is 23.5. The molecule has 9 heteroatoms. The van der Waals surface area contributed by atoms with Gasteiger partial charge in [-0.05, 0) is 74.7 Å². The second kappa shape index (κ2) is 11.0. The van der Waals surface area contributed by atoms with Gasteiger partial charge in [0.25, 0.3) is 5.89 Å².